The van der Waals surface area contributed by atoms with Crippen molar-refractivity contribution in [2.45, 2.75) is 19.3 Å². The van der Waals surface area contributed by atoms with E-state index in [0.717, 1.165) is 32.7 Å². The van der Waals surface area contributed by atoms with Crippen LogP contribution >= 0.6 is 23.2 Å². The second kappa shape index (κ2) is 7.23. The number of hydrogen-bond acceptors (Lipinski definition) is 2. The van der Waals surface area contributed by atoms with Crippen LogP contribution in [0.1, 0.15) is 34.3 Å². The molecule has 0 fully saturated rings. The molecule has 2 nitrogen and oxygen atoms in total. The number of Topliss-reactive ketones (excluding diaryl/α,β-unsaturated/α-hetero) is 2. The zero-order valence-electron chi connectivity index (χ0n) is 16.3. The molecule has 148 valence electrons. The van der Waals surface area contributed by atoms with Crippen LogP contribution in [0, 0.1) is 5.92 Å². The van der Waals surface area contributed by atoms with Crippen LogP contribution in [0.2, 0.25) is 10.0 Å². The van der Waals surface area contributed by atoms with Gasteiger partial charge in [-0.2, -0.15) is 0 Å². The summed E-state index contributed by atoms with van der Waals surface area (Å²) in [7, 11) is 0. The highest BCUT2D eigenvalue weighted by molar-refractivity contribution is 6.42. The van der Waals surface area contributed by atoms with E-state index in [2.05, 4.69) is 12.1 Å². The summed E-state index contributed by atoms with van der Waals surface area (Å²) < 4.78 is 0. The fourth-order valence-electron chi connectivity index (χ4n) is 4.60. The SMILES string of the molecule is CC1C(=O)C(Cc2ccc(Cl)c(Cl)c2)C(=O)c2c1ccc1c2ccc2ccccc21. The fraction of sp³-hybridized carbons (Fsp3) is 0.154. The number of ketones is 2. The largest absolute Gasteiger partial charge is 0.298 e. The minimum atomic E-state index is -0.721. The van der Waals surface area contributed by atoms with Crippen molar-refractivity contribution in [3.8, 4) is 0 Å². The van der Waals surface area contributed by atoms with E-state index in [4.69, 9.17) is 23.2 Å². The first-order chi connectivity index (χ1) is 14.5. The molecule has 0 heterocycles. The number of halogens is 2. The highest BCUT2D eigenvalue weighted by Crippen LogP contribution is 2.39. The first-order valence-corrected chi connectivity index (χ1v) is 10.7. The van der Waals surface area contributed by atoms with Crippen molar-refractivity contribution in [3.63, 3.8) is 0 Å². The maximum absolute atomic E-state index is 13.6. The first kappa shape index (κ1) is 19.3. The standard InChI is InChI=1S/C26H18Cl2O2/c1-14-17-9-10-19-18-5-3-2-4-16(18)7-8-20(19)24(17)26(30)21(25(14)29)12-15-6-11-22(27)23(28)13-15/h2-11,13-14,21H,12H2,1H3. The molecule has 0 saturated heterocycles. The Morgan fingerprint density at radius 3 is 2.37 bits per heavy atom. The third-order valence-corrected chi connectivity index (χ3v) is 6.92. The quantitative estimate of drug-likeness (QED) is 0.251. The Morgan fingerprint density at radius 1 is 0.800 bits per heavy atom. The highest BCUT2D eigenvalue weighted by Gasteiger charge is 2.39. The van der Waals surface area contributed by atoms with Crippen molar-refractivity contribution in [2.75, 3.05) is 0 Å². The van der Waals surface area contributed by atoms with E-state index < -0.39 is 5.92 Å². The Kier molecular flexibility index (Phi) is 4.65. The lowest BCUT2D eigenvalue weighted by Crippen LogP contribution is -2.35. The molecule has 0 spiro atoms. The Labute approximate surface area is 184 Å². The van der Waals surface area contributed by atoms with E-state index in [0.29, 0.717) is 22.0 Å². The molecule has 5 rings (SSSR count). The van der Waals surface area contributed by atoms with E-state index in [1.807, 2.05) is 49.4 Å². The van der Waals surface area contributed by atoms with Gasteiger partial charge in [0.05, 0.1) is 16.0 Å². The van der Waals surface area contributed by atoms with Gasteiger partial charge in [-0.3, -0.25) is 9.59 Å². The molecule has 0 aliphatic heterocycles. The third-order valence-electron chi connectivity index (χ3n) is 6.18. The molecule has 30 heavy (non-hydrogen) atoms. The lowest BCUT2D eigenvalue weighted by atomic mass is 9.72. The number of carbonyl (C=O) groups excluding carboxylic acids is 2. The topological polar surface area (TPSA) is 34.1 Å². The molecule has 0 bridgehead atoms. The number of fused-ring (bicyclic) bond motifs is 5. The molecular formula is C26H18Cl2O2. The van der Waals surface area contributed by atoms with Crippen LogP contribution in [0.5, 0.6) is 0 Å². The Morgan fingerprint density at radius 2 is 1.57 bits per heavy atom. The number of benzene rings is 4. The summed E-state index contributed by atoms with van der Waals surface area (Å²) in [5.74, 6) is -1.21. The first-order valence-electron chi connectivity index (χ1n) is 9.92. The molecule has 0 aromatic heterocycles. The summed E-state index contributed by atoms with van der Waals surface area (Å²) in [6, 6.07) is 21.4. The lowest BCUT2D eigenvalue weighted by molar-refractivity contribution is -0.122. The van der Waals surface area contributed by atoms with Crippen LogP contribution in [0.3, 0.4) is 0 Å². The highest BCUT2D eigenvalue weighted by atomic mass is 35.5. The van der Waals surface area contributed by atoms with Gasteiger partial charge in [-0.15, -0.1) is 0 Å². The van der Waals surface area contributed by atoms with E-state index in [1.54, 1.807) is 12.1 Å². The molecule has 1 aliphatic rings. The Balaban J connectivity index is 1.67. The van der Waals surface area contributed by atoms with Crippen molar-refractivity contribution in [1.82, 2.24) is 0 Å². The van der Waals surface area contributed by atoms with Crippen molar-refractivity contribution in [2.24, 2.45) is 5.92 Å². The zero-order chi connectivity index (χ0) is 21.0. The maximum atomic E-state index is 13.6. The third kappa shape index (κ3) is 2.94. The van der Waals surface area contributed by atoms with Gasteiger partial charge in [0.25, 0.3) is 0 Å². The summed E-state index contributed by atoms with van der Waals surface area (Å²) in [6.45, 7) is 1.89. The van der Waals surface area contributed by atoms with Crippen LogP contribution in [0.15, 0.2) is 66.7 Å². The fourth-order valence-corrected chi connectivity index (χ4v) is 4.92. The van der Waals surface area contributed by atoms with Gasteiger partial charge in [-0.25, -0.2) is 0 Å². The molecule has 1 aliphatic carbocycles. The van der Waals surface area contributed by atoms with Crippen LogP contribution in [-0.2, 0) is 11.2 Å². The van der Waals surface area contributed by atoms with Crippen molar-refractivity contribution in [1.29, 1.82) is 0 Å². The van der Waals surface area contributed by atoms with Crippen molar-refractivity contribution in [3.05, 3.63) is 93.5 Å². The molecule has 4 aromatic carbocycles. The van der Waals surface area contributed by atoms with E-state index in [1.165, 1.54) is 0 Å². The van der Waals surface area contributed by atoms with Gasteiger partial charge in [0.15, 0.2) is 11.6 Å². The van der Waals surface area contributed by atoms with Gasteiger partial charge in [-0.05, 0) is 51.2 Å². The molecular weight excluding hydrogens is 415 g/mol. The smallest absolute Gasteiger partial charge is 0.174 e. The minimum Gasteiger partial charge on any atom is -0.298 e. The van der Waals surface area contributed by atoms with Gasteiger partial charge in [0, 0.05) is 11.5 Å². The van der Waals surface area contributed by atoms with Gasteiger partial charge >= 0.3 is 0 Å². The molecule has 0 N–H and O–H groups in total. The molecule has 0 saturated carbocycles. The van der Waals surface area contributed by atoms with Gasteiger partial charge in [0.1, 0.15) is 0 Å². The van der Waals surface area contributed by atoms with Crippen LogP contribution < -0.4 is 0 Å². The predicted octanol–water partition coefficient (Wildman–Crippen LogP) is 7.03. The van der Waals surface area contributed by atoms with E-state index in [9.17, 15) is 9.59 Å². The number of hydrogen-bond donors (Lipinski definition) is 0. The maximum Gasteiger partial charge on any atom is 0.174 e. The molecule has 0 radical (unpaired) electrons. The average molecular weight is 433 g/mol. The molecule has 0 amide bonds. The van der Waals surface area contributed by atoms with Gasteiger partial charge < -0.3 is 0 Å². The predicted molar refractivity (Wildman–Crippen MR) is 123 cm³/mol. The number of rotatable bonds is 2. The van der Waals surface area contributed by atoms with Gasteiger partial charge in [-0.1, -0.05) is 84.7 Å². The summed E-state index contributed by atoms with van der Waals surface area (Å²) >= 11 is 12.2. The zero-order valence-corrected chi connectivity index (χ0v) is 17.8. The average Bonchev–Trinajstić information content (AvgIpc) is 2.76. The Bertz CT molecular complexity index is 1360. The second-order valence-electron chi connectivity index (χ2n) is 7.91. The van der Waals surface area contributed by atoms with Crippen molar-refractivity contribution >= 4 is 56.3 Å². The van der Waals surface area contributed by atoms with Gasteiger partial charge in [0.2, 0.25) is 0 Å². The molecule has 4 aromatic rings. The van der Waals surface area contributed by atoms with E-state index in [-0.39, 0.29) is 17.5 Å². The summed E-state index contributed by atoms with van der Waals surface area (Å²) in [6.07, 6.45) is 0.322. The normalized spacial score (nSPS) is 18.8. The summed E-state index contributed by atoms with van der Waals surface area (Å²) in [5.41, 5.74) is 2.33. The van der Waals surface area contributed by atoms with Crippen molar-refractivity contribution < 1.29 is 9.59 Å². The molecule has 4 heteroatoms. The van der Waals surface area contributed by atoms with Crippen LogP contribution in [0.4, 0.5) is 0 Å². The molecule has 2 atom stereocenters. The molecule has 2 unspecified atom stereocenters. The monoisotopic (exact) mass is 432 g/mol. The van der Waals surface area contributed by atoms with E-state index >= 15 is 0 Å². The second-order valence-corrected chi connectivity index (χ2v) is 8.72. The summed E-state index contributed by atoms with van der Waals surface area (Å²) in [4.78, 5) is 26.7. The summed E-state index contributed by atoms with van der Waals surface area (Å²) in [5, 5.41) is 5.07. The number of carbonyl (C=O) groups is 2. The van der Waals surface area contributed by atoms with Crippen LogP contribution in [-0.4, -0.2) is 11.6 Å². The van der Waals surface area contributed by atoms with Crippen LogP contribution in [0.25, 0.3) is 21.5 Å². The Hall–Kier alpha value is -2.68. The minimum absolute atomic E-state index is 0.0429. The lowest BCUT2D eigenvalue weighted by Gasteiger charge is -2.28.